The number of fused-ring (bicyclic) bond motifs is 2. The normalized spacial score (nSPS) is 19.6. The number of alkyl carbamates (subject to hydrolysis) is 1. The predicted molar refractivity (Wildman–Crippen MR) is 227 cm³/mol. The van der Waals surface area contributed by atoms with Crippen molar-refractivity contribution in [3.63, 3.8) is 0 Å². The van der Waals surface area contributed by atoms with E-state index in [1.54, 1.807) is 12.4 Å². The maximum atomic E-state index is 12.0. The molecule has 0 aromatic carbocycles. The zero-order valence-corrected chi connectivity index (χ0v) is 35.0. The first-order chi connectivity index (χ1) is 21.3. The first-order valence-electron chi connectivity index (χ1n) is 16.3. The number of aromatic nitrogens is 6. The van der Waals surface area contributed by atoms with Crippen LogP contribution in [0.4, 0.5) is 16.4 Å². The van der Waals surface area contributed by atoms with Gasteiger partial charge in [0.25, 0.3) is 0 Å². The van der Waals surface area contributed by atoms with Crippen LogP contribution in [0.5, 0.6) is 0 Å². The average Bonchev–Trinajstić information content (AvgIpc) is 3.76. The van der Waals surface area contributed by atoms with Crippen molar-refractivity contribution in [2.24, 2.45) is 5.73 Å². The van der Waals surface area contributed by atoms with Crippen molar-refractivity contribution in [1.29, 1.82) is 0 Å². The summed E-state index contributed by atoms with van der Waals surface area (Å²) in [6, 6.07) is 9.22. The summed E-state index contributed by atoms with van der Waals surface area (Å²) in [6.45, 7) is 14.2. The van der Waals surface area contributed by atoms with Gasteiger partial charge in [-0.2, -0.15) is 73.2 Å². The molecule has 0 unspecified atom stereocenters. The van der Waals surface area contributed by atoms with E-state index in [2.05, 4.69) is 75.9 Å². The third kappa shape index (κ3) is 12.8. The molecule has 0 bridgehead atoms. The highest BCUT2D eigenvalue weighted by atomic mass is 35.5. The number of nitrogens with zero attached hydrogens (tertiary/aromatic N) is 6. The molecule has 2 aliphatic rings. The lowest BCUT2D eigenvalue weighted by molar-refractivity contribution is 0.0505. The van der Waals surface area contributed by atoms with Gasteiger partial charge < -0.3 is 26.4 Å². The molecule has 0 spiro atoms. The van der Waals surface area contributed by atoms with Gasteiger partial charge in [0, 0.05) is 59.8 Å². The monoisotopic (exact) mass is 790 g/mol. The third-order valence-electron chi connectivity index (χ3n) is 8.27. The smallest absolute Gasteiger partial charge is 0.407 e. The van der Waals surface area contributed by atoms with Crippen LogP contribution in [-0.2, 0) is 4.74 Å². The Kier molecular flexibility index (Phi) is 19.8. The zero-order valence-electron chi connectivity index (χ0n) is 30.2. The summed E-state index contributed by atoms with van der Waals surface area (Å²) in [7, 11) is 0. The number of halogens is 1. The fraction of sp³-hybridized carbons (Fsp3) is 0.606. The van der Waals surface area contributed by atoms with Gasteiger partial charge in [-0.1, -0.05) is 27.7 Å². The molecular weight excluding hydrogens is 732 g/mol. The number of anilines is 2. The molecule has 4 aromatic heterocycles. The molecule has 50 heavy (non-hydrogen) atoms. The van der Waals surface area contributed by atoms with E-state index >= 15 is 0 Å². The number of rotatable bonds is 7. The second-order valence-corrected chi connectivity index (χ2v) is 14.1. The Morgan fingerprint density at radius 2 is 1.22 bits per heavy atom. The van der Waals surface area contributed by atoms with Gasteiger partial charge in [-0.25, -0.2) is 14.8 Å². The number of hydrogen-bond acceptors (Lipinski definition) is 9. The highest BCUT2D eigenvalue weighted by Crippen LogP contribution is 2.26. The number of hydrogen-bond donors (Lipinski definition) is 4. The lowest BCUT2D eigenvalue weighted by Gasteiger charge is -2.22. The molecule has 1 amide bonds. The standard InChI is InChI=1S/C19H29N5O2.C14H21N5.ClH.4H2S/c1-12(2)15-11-17(24-16(23-15)8-9-20-24)21-13-6-7-14(10-13)22-18(25)26-19(3,4)5;1-9(2)12-8-14(17-11-4-3-10(15)7-11)19-13(18-12)5-6-16-19;;;;;/h8-9,11-14,21H,6-7,10H2,1-5H3,(H,22,25);5-6,8-11,17H,3-4,7,15H2,1-2H3;1H;4*1H2/t13-,14+;10-,11+;;;;;/m10...../s1. The second-order valence-electron chi connectivity index (χ2n) is 14.1. The minimum Gasteiger partial charge on any atom is -0.444 e. The molecule has 5 N–H and O–H groups in total. The Bertz CT molecular complexity index is 1610. The lowest BCUT2D eigenvalue weighted by atomic mass is 10.1. The molecule has 12 nitrogen and oxygen atoms in total. The molecule has 6 rings (SSSR count). The van der Waals surface area contributed by atoms with Gasteiger partial charge >= 0.3 is 6.09 Å². The van der Waals surface area contributed by atoms with E-state index in [-0.39, 0.29) is 84.6 Å². The van der Waals surface area contributed by atoms with Crippen molar-refractivity contribution in [3.05, 3.63) is 48.0 Å². The fourth-order valence-corrected chi connectivity index (χ4v) is 5.95. The van der Waals surface area contributed by atoms with Gasteiger partial charge in [0.05, 0.1) is 12.4 Å². The molecule has 0 radical (unpaired) electrons. The zero-order chi connectivity index (χ0) is 32.3. The molecule has 4 heterocycles. The predicted octanol–water partition coefficient (Wildman–Crippen LogP) is 6.73. The summed E-state index contributed by atoms with van der Waals surface area (Å²) >= 11 is 0. The fourth-order valence-electron chi connectivity index (χ4n) is 5.95. The minimum atomic E-state index is -0.476. The Morgan fingerprint density at radius 3 is 1.64 bits per heavy atom. The maximum Gasteiger partial charge on any atom is 0.407 e. The highest BCUT2D eigenvalue weighted by Gasteiger charge is 2.28. The van der Waals surface area contributed by atoms with Crippen molar-refractivity contribution >= 4 is 95.4 Å². The summed E-state index contributed by atoms with van der Waals surface area (Å²) in [4.78, 5) is 21.2. The number of nitrogens with one attached hydrogen (secondary N) is 3. The molecule has 4 atom stereocenters. The van der Waals surface area contributed by atoms with Gasteiger partial charge in [-0.3, -0.25) is 0 Å². The van der Waals surface area contributed by atoms with Gasteiger partial charge in [-0.15, -0.1) is 12.4 Å². The Morgan fingerprint density at radius 1 is 0.780 bits per heavy atom. The van der Waals surface area contributed by atoms with Crippen LogP contribution in [0, 0.1) is 0 Å². The molecule has 2 aliphatic carbocycles. The van der Waals surface area contributed by atoms with E-state index in [0.29, 0.717) is 23.9 Å². The van der Waals surface area contributed by atoms with Crippen molar-refractivity contribution < 1.29 is 9.53 Å². The van der Waals surface area contributed by atoms with Gasteiger partial charge in [0.15, 0.2) is 11.3 Å². The number of carbonyl (C=O) groups excluding carboxylic acids is 1. The Hall–Kier alpha value is -2.24. The molecule has 284 valence electrons. The summed E-state index contributed by atoms with van der Waals surface area (Å²) < 4.78 is 9.05. The van der Waals surface area contributed by atoms with Crippen molar-refractivity contribution in [1.82, 2.24) is 34.5 Å². The van der Waals surface area contributed by atoms with Crippen LogP contribution in [-0.4, -0.2) is 65.1 Å². The van der Waals surface area contributed by atoms with Crippen LogP contribution >= 0.6 is 66.4 Å². The van der Waals surface area contributed by atoms with Crippen molar-refractivity contribution in [2.75, 3.05) is 10.6 Å². The number of nitrogens with two attached hydrogens (primary N) is 1. The molecule has 17 heteroatoms. The van der Waals surface area contributed by atoms with Crippen LogP contribution in [0.2, 0.25) is 0 Å². The van der Waals surface area contributed by atoms with Gasteiger partial charge in [0.2, 0.25) is 0 Å². The van der Waals surface area contributed by atoms with Crippen LogP contribution in [0.15, 0.2) is 36.7 Å². The summed E-state index contributed by atoms with van der Waals surface area (Å²) in [6.07, 6.45) is 9.25. The molecule has 2 fully saturated rings. The lowest BCUT2D eigenvalue weighted by Crippen LogP contribution is -2.38. The van der Waals surface area contributed by atoms with Gasteiger partial charge in [-0.05, 0) is 71.1 Å². The van der Waals surface area contributed by atoms with E-state index in [9.17, 15) is 4.79 Å². The van der Waals surface area contributed by atoms with E-state index in [1.807, 2.05) is 41.9 Å². The number of amides is 1. The van der Waals surface area contributed by atoms with Crippen LogP contribution < -0.4 is 21.7 Å². The third-order valence-corrected chi connectivity index (χ3v) is 8.27. The number of ether oxygens (including phenoxy) is 1. The SMILES string of the molecule is CC(C)c1cc(N[C@@H]2CC[C@H](N)C2)n2nccc2n1.CC(C)c1cc(N[C@@H]2CC[C@H](NC(=O)OC(C)(C)C)C2)n2nccc2n1.Cl.S.S.S.S. The van der Waals surface area contributed by atoms with Crippen molar-refractivity contribution in [2.45, 2.75) is 129 Å². The van der Waals surface area contributed by atoms with Crippen LogP contribution in [0.25, 0.3) is 11.3 Å². The van der Waals surface area contributed by atoms with Crippen LogP contribution in [0.3, 0.4) is 0 Å². The summed E-state index contributed by atoms with van der Waals surface area (Å²) in [5, 5.41) is 18.8. The first-order valence-corrected chi connectivity index (χ1v) is 16.3. The maximum absolute atomic E-state index is 12.0. The van der Waals surface area contributed by atoms with Gasteiger partial charge in [0.1, 0.15) is 17.2 Å². The van der Waals surface area contributed by atoms with E-state index in [0.717, 1.165) is 72.8 Å². The van der Waals surface area contributed by atoms with E-state index in [4.69, 9.17) is 10.5 Å². The minimum absolute atomic E-state index is 0. The molecule has 2 saturated carbocycles. The van der Waals surface area contributed by atoms with E-state index < -0.39 is 5.60 Å². The second kappa shape index (κ2) is 20.7. The highest BCUT2D eigenvalue weighted by molar-refractivity contribution is 7.59. The molecule has 0 saturated heterocycles. The summed E-state index contributed by atoms with van der Waals surface area (Å²) in [5.74, 6) is 2.73. The molecule has 4 aromatic rings. The first kappa shape index (κ1) is 47.8. The Balaban J connectivity index is 0.000000904. The van der Waals surface area contributed by atoms with Crippen molar-refractivity contribution in [3.8, 4) is 0 Å². The van der Waals surface area contributed by atoms with Crippen LogP contribution in [0.1, 0.15) is 110 Å². The Labute approximate surface area is 330 Å². The largest absolute Gasteiger partial charge is 0.444 e. The molecular formula is C33H59ClN10O2S4. The topological polar surface area (TPSA) is 149 Å². The summed E-state index contributed by atoms with van der Waals surface area (Å²) in [5.41, 5.74) is 9.38. The quantitative estimate of drug-likeness (QED) is 0.160. The van der Waals surface area contributed by atoms with E-state index in [1.165, 1.54) is 0 Å². The number of carbonyl (C=O) groups is 1. The average molecular weight is 792 g/mol. The molecule has 0 aliphatic heterocycles.